The molecule has 0 saturated carbocycles. The zero-order valence-electron chi connectivity index (χ0n) is 9.73. The Labute approximate surface area is 109 Å². The molecule has 0 bridgehead atoms. The van der Waals surface area contributed by atoms with Gasteiger partial charge in [-0.15, -0.1) is 5.10 Å². The van der Waals surface area contributed by atoms with E-state index in [9.17, 15) is 0 Å². The van der Waals surface area contributed by atoms with E-state index in [1.807, 2.05) is 30.5 Å². The summed E-state index contributed by atoms with van der Waals surface area (Å²) < 4.78 is 2.85. The normalized spacial score (nSPS) is 10.7. The fourth-order valence-electron chi connectivity index (χ4n) is 1.49. The lowest BCUT2D eigenvalue weighted by Gasteiger charge is -1.99. The molecule has 0 atom stereocenters. The fourth-order valence-corrected chi connectivity index (χ4v) is 1.76. The van der Waals surface area contributed by atoms with Gasteiger partial charge < -0.3 is 5.32 Å². The van der Waals surface area contributed by atoms with Gasteiger partial charge in [0.25, 0.3) is 0 Å². The van der Waals surface area contributed by atoms with E-state index in [1.165, 1.54) is 0 Å². The Morgan fingerprint density at radius 2 is 2.06 bits per heavy atom. The highest BCUT2D eigenvalue weighted by molar-refractivity contribution is 9.10. The molecule has 0 unspecified atom stereocenters. The zero-order chi connectivity index (χ0) is 12.1. The molecule has 90 valence electrons. The number of nitrogens with one attached hydrogen (secondary N) is 1. The number of aromatic nitrogens is 3. The largest absolute Gasteiger partial charge is 0.311 e. The van der Waals surface area contributed by atoms with Crippen LogP contribution < -0.4 is 5.32 Å². The molecule has 1 aromatic heterocycles. The second kappa shape index (κ2) is 5.93. The van der Waals surface area contributed by atoms with Gasteiger partial charge in [-0.3, -0.25) is 0 Å². The van der Waals surface area contributed by atoms with Gasteiger partial charge in [0.2, 0.25) is 0 Å². The molecule has 4 nitrogen and oxygen atoms in total. The molecule has 1 N–H and O–H groups in total. The van der Waals surface area contributed by atoms with Gasteiger partial charge in [-0.25, -0.2) is 4.68 Å². The maximum absolute atomic E-state index is 4.13. The molecule has 17 heavy (non-hydrogen) atoms. The Morgan fingerprint density at radius 3 is 2.76 bits per heavy atom. The highest BCUT2D eigenvalue weighted by Crippen LogP contribution is 2.13. The van der Waals surface area contributed by atoms with Crippen molar-refractivity contribution in [1.29, 1.82) is 0 Å². The third-order valence-corrected chi connectivity index (χ3v) is 2.89. The van der Waals surface area contributed by atoms with E-state index >= 15 is 0 Å². The maximum atomic E-state index is 4.13. The minimum absolute atomic E-state index is 0.768. The summed E-state index contributed by atoms with van der Waals surface area (Å²) in [5.41, 5.74) is 1.98. The van der Waals surface area contributed by atoms with Crippen LogP contribution in [0, 0.1) is 0 Å². The van der Waals surface area contributed by atoms with Gasteiger partial charge in [0.1, 0.15) is 0 Å². The summed E-state index contributed by atoms with van der Waals surface area (Å²) >= 11 is 3.41. The molecular weight excluding hydrogens is 280 g/mol. The summed E-state index contributed by atoms with van der Waals surface area (Å²) in [6.07, 6.45) is 3.08. The number of rotatable bonds is 5. The highest BCUT2D eigenvalue weighted by atomic mass is 79.9. The summed E-state index contributed by atoms with van der Waals surface area (Å²) in [7, 11) is 0. The summed E-state index contributed by atoms with van der Waals surface area (Å²) in [4.78, 5) is 0. The van der Waals surface area contributed by atoms with Crippen molar-refractivity contribution in [1.82, 2.24) is 20.3 Å². The van der Waals surface area contributed by atoms with Gasteiger partial charge >= 0.3 is 0 Å². The Morgan fingerprint density at radius 1 is 1.29 bits per heavy atom. The van der Waals surface area contributed by atoms with Crippen LogP contribution in [0.1, 0.15) is 19.0 Å². The van der Waals surface area contributed by atoms with E-state index in [0.717, 1.165) is 35.4 Å². The van der Waals surface area contributed by atoms with E-state index in [1.54, 1.807) is 4.68 Å². The SMILES string of the molecule is CCCNCc1cn(-c2ccc(Br)cc2)nn1. The molecule has 0 saturated heterocycles. The van der Waals surface area contributed by atoms with Crippen LogP contribution in [0.25, 0.3) is 5.69 Å². The molecule has 2 rings (SSSR count). The number of benzene rings is 1. The van der Waals surface area contributed by atoms with E-state index in [4.69, 9.17) is 0 Å². The first-order chi connectivity index (χ1) is 8.29. The minimum Gasteiger partial charge on any atom is -0.311 e. The van der Waals surface area contributed by atoms with Crippen molar-refractivity contribution in [3.63, 3.8) is 0 Å². The smallest absolute Gasteiger partial charge is 0.0969 e. The Hall–Kier alpha value is -1.20. The quantitative estimate of drug-likeness (QED) is 0.862. The molecule has 0 fully saturated rings. The van der Waals surface area contributed by atoms with Gasteiger partial charge in [-0.05, 0) is 37.2 Å². The van der Waals surface area contributed by atoms with Crippen LogP contribution in [0.5, 0.6) is 0 Å². The van der Waals surface area contributed by atoms with Gasteiger partial charge in [0, 0.05) is 11.0 Å². The van der Waals surface area contributed by atoms with E-state index in [-0.39, 0.29) is 0 Å². The molecule has 2 aromatic rings. The highest BCUT2D eigenvalue weighted by Gasteiger charge is 2.01. The van der Waals surface area contributed by atoms with E-state index in [0.29, 0.717) is 0 Å². The van der Waals surface area contributed by atoms with Crippen LogP contribution in [0.4, 0.5) is 0 Å². The average molecular weight is 295 g/mol. The molecule has 0 amide bonds. The Kier molecular flexibility index (Phi) is 4.28. The predicted molar refractivity (Wildman–Crippen MR) is 71.1 cm³/mol. The van der Waals surface area contributed by atoms with E-state index in [2.05, 4.69) is 38.5 Å². The predicted octanol–water partition coefficient (Wildman–Crippen LogP) is 2.53. The molecule has 0 aliphatic rings. The third-order valence-electron chi connectivity index (χ3n) is 2.36. The second-order valence-corrected chi connectivity index (χ2v) is 4.72. The lowest BCUT2D eigenvalue weighted by Crippen LogP contribution is -2.13. The van der Waals surface area contributed by atoms with Crippen LogP contribution in [0.3, 0.4) is 0 Å². The van der Waals surface area contributed by atoms with Crippen molar-refractivity contribution in [3.8, 4) is 5.69 Å². The Balaban J connectivity index is 2.04. The first-order valence-corrected chi connectivity index (χ1v) is 6.47. The van der Waals surface area contributed by atoms with Gasteiger partial charge in [0.15, 0.2) is 0 Å². The summed E-state index contributed by atoms with van der Waals surface area (Å²) in [5, 5.41) is 11.5. The van der Waals surface area contributed by atoms with Crippen LogP contribution in [0.2, 0.25) is 0 Å². The first-order valence-electron chi connectivity index (χ1n) is 5.67. The van der Waals surface area contributed by atoms with E-state index < -0.39 is 0 Å². The number of halogens is 1. The number of hydrogen-bond donors (Lipinski definition) is 1. The standard InChI is InChI=1S/C12H15BrN4/c1-2-7-14-8-11-9-17(16-15-11)12-5-3-10(13)4-6-12/h3-6,9,14H,2,7-8H2,1H3. The van der Waals surface area contributed by atoms with Crippen LogP contribution in [-0.2, 0) is 6.54 Å². The number of nitrogens with zero attached hydrogens (tertiary/aromatic N) is 3. The van der Waals surface area contributed by atoms with Crippen molar-refractivity contribution in [2.24, 2.45) is 0 Å². The third kappa shape index (κ3) is 3.38. The van der Waals surface area contributed by atoms with Crippen LogP contribution in [0.15, 0.2) is 34.9 Å². The minimum atomic E-state index is 0.768. The Bertz CT molecular complexity index is 464. The zero-order valence-corrected chi connectivity index (χ0v) is 11.3. The molecule has 0 spiro atoms. The van der Waals surface area contributed by atoms with Crippen molar-refractivity contribution in [2.45, 2.75) is 19.9 Å². The van der Waals surface area contributed by atoms with Crippen molar-refractivity contribution >= 4 is 15.9 Å². The van der Waals surface area contributed by atoms with Crippen LogP contribution in [-0.4, -0.2) is 21.5 Å². The lowest BCUT2D eigenvalue weighted by molar-refractivity contribution is 0.662. The molecule has 0 aliphatic heterocycles. The number of hydrogen-bond acceptors (Lipinski definition) is 3. The molecular formula is C12H15BrN4. The van der Waals surface area contributed by atoms with Gasteiger partial charge in [-0.1, -0.05) is 28.1 Å². The van der Waals surface area contributed by atoms with Crippen molar-refractivity contribution in [2.75, 3.05) is 6.54 Å². The summed E-state index contributed by atoms with van der Waals surface area (Å²) in [6, 6.07) is 7.99. The van der Waals surface area contributed by atoms with Gasteiger partial charge in [-0.2, -0.15) is 0 Å². The van der Waals surface area contributed by atoms with Crippen LogP contribution >= 0.6 is 15.9 Å². The molecule has 5 heteroatoms. The molecule has 1 aromatic carbocycles. The fraction of sp³-hybridized carbons (Fsp3) is 0.333. The maximum Gasteiger partial charge on any atom is 0.0969 e. The molecule has 1 heterocycles. The monoisotopic (exact) mass is 294 g/mol. The molecule has 0 radical (unpaired) electrons. The van der Waals surface area contributed by atoms with Gasteiger partial charge in [0.05, 0.1) is 17.6 Å². The first kappa shape index (κ1) is 12.3. The topological polar surface area (TPSA) is 42.7 Å². The summed E-state index contributed by atoms with van der Waals surface area (Å²) in [5.74, 6) is 0. The second-order valence-electron chi connectivity index (χ2n) is 3.81. The lowest BCUT2D eigenvalue weighted by atomic mass is 10.3. The molecule has 0 aliphatic carbocycles. The average Bonchev–Trinajstić information content (AvgIpc) is 2.79. The van der Waals surface area contributed by atoms with Crippen molar-refractivity contribution in [3.05, 3.63) is 40.6 Å². The summed E-state index contributed by atoms with van der Waals surface area (Å²) in [6.45, 7) is 3.92. The van der Waals surface area contributed by atoms with Crippen molar-refractivity contribution < 1.29 is 0 Å².